The molecule has 0 saturated heterocycles. The van der Waals surface area contributed by atoms with Crippen molar-refractivity contribution in [2.24, 2.45) is 0 Å². The summed E-state index contributed by atoms with van der Waals surface area (Å²) >= 11 is 0. The first kappa shape index (κ1) is 18.2. The molecule has 0 unspecified atom stereocenters. The van der Waals surface area contributed by atoms with Crippen molar-refractivity contribution in [3.05, 3.63) is 65.9 Å². The van der Waals surface area contributed by atoms with Gasteiger partial charge in [-0.15, -0.1) is 0 Å². The Bertz CT molecular complexity index is 959. The predicted octanol–water partition coefficient (Wildman–Crippen LogP) is 3.69. The van der Waals surface area contributed by atoms with Gasteiger partial charge in [0, 0.05) is 18.8 Å². The first-order valence-corrected chi connectivity index (χ1v) is 8.35. The van der Waals surface area contributed by atoms with Crippen LogP contribution in [0.15, 0.2) is 54.7 Å². The SMILES string of the molecule is CNC(=O)c1ccccc1Oc1nc(Nc2ccccc2OC)ncc1C. The molecule has 0 saturated carbocycles. The zero-order valence-corrected chi connectivity index (χ0v) is 15.3. The molecule has 0 aliphatic rings. The second-order valence-electron chi connectivity index (χ2n) is 5.68. The fourth-order valence-electron chi connectivity index (χ4n) is 2.44. The molecule has 1 amide bonds. The highest BCUT2D eigenvalue weighted by Gasteiger charge is 2.14. The number of carbonyl (C=O) groups is 1. The number of hydrogen-bond donors (Lipinski definition) is 2. The summed E-state index contributed by atoms with van der Waals surface area (Å²) in [5.74, 6) is 1.58. The number of carbonyl (C=O) groups excluding carboxylic acids is 1. The first-order chi connectivity index (χ1) is 13.1. The fraction of sp³-hybridized carbons (Fsp3) is 0.150. The average Bonchev–Trinajstić information content (AvgIpc) is 2.70. The van der Waals surface area contributed by atoms with Crippen molar-refractivity contribution in [1.82, 2.24) is 15.3 Å². The summed E-state index contributed by atoms with van der Waals surface area (Å²) in [6.07, 6.45) is 1.66. The molecule has 0 atom stereocenters. The van der Waals surface area contributed by atoms with Crippen LogP contribution in [0, 0.1) is 6.92 Å². The van der Waals surface area contributed by atoms with Crippen LogP contribution in [0.5, 0.6) is 17.4 Å². The van der Waals surface area contributed by atoms with E-state index in [2.05, 4.69) is 20.6 Å². The van der Waals surface area contributed by atoms with E-state index in [-0.39, 0.29) is 5.91 Å². The Hall–Kier alpha value is -3.61. The summed E-state index contributed by atoms with van der Waals surface area (Å²) in [4.78, 5) is 20.8. The van der Waals surface area contributed by atoms with E-state index in [9.17, 15) is 4.79 Å². The smallest absolute Gasteiger partial charge is 0.254 e. The van der Waals surface area contributed by atoms with Crippen LogP contribution in [-0.4, -0.2) is 30.0 Å². The summed E-state index contributed by atoms with van der Waals surface area (Å²) in [5.41, 5.74) is 1.91. The molecule has 0 aliphatic heterocycles. The van der Waals surface area contributed by atoms with Gasteiger partial charge in [0.2, 0.25) is 11.8 Å². The van der Waals surface area contributed by atoms with E-state index in [0.29, 0.717) is 28.9 Å². The number of rotatable bonds is 6. The number of amides is 1. The molecule has 1 aromatic heterocycles. The van der Waals surface area contributed by atoms with Gasteiger partial charge in [0.15, 0.2) is 0 Å². The normalized spacial score (nSPS) is 10.2. The third-order valence-electron chi connectivity index (χ3n) is 3.84. The quantitative estimate of drug-likeness (QED) is 0.694. The van der Waals surface area contributed by atoms with Crippen LogP contribution < -0.4 is 20.1 Å². The van der Waals surface area contributed by atoms with Crippen molar-refractivity contribution in [1.29, 1.82) is 0 Å². The Labute approximate surface area is 157 Å². The lowest BCUT2D eigenvalue weighted by atomic mass is 10.2. The van der Waals surface area contributed by atoms with Crippen LogP contribution in [0.2, 0.25) is 0 Å². The van der Waals surface area contributed by atoms with E-state index in [1.807, 2.05) is 31.2 Å². The average molecular weight is 364 g/mol. The van der Waals surface area contributed by atoms with Gasteiger partial charge in [0.05, 0.1) is 18.4 Å². The van der Waals surface area contributed by atoms with Crippen LogP contribution in [0.1, 0.15) is 15.9 Å². The Kier molecular flexibility index (Phi) is 5.51. The first-order valence-electron chi connectivity index (χ1n) is 8.35. The van der Waals surface area contributed by atoms with Crippen LogP contribution >= 0.6 is 0 Å². The molecule has 2 aromatic carbocycles. The number of nitrogens with zero attached hydrogens (tertiary/aromatic N) is 2. The fourth-order valence-corrected chi connectivity index (χ4v) is 2.44. The number of benzene rings is 2. The lowest BCUT2D eigenvalue weighted by molar-refractivity contribution is 0.0960. The molecule has 27 heavy (non-hydrogen) atoms. The van der Waals surface area contributed by atoms with Crippen molar-refractivity contribution in [3.63, 3.8) is 0 Å². The number of aromatic nitrogens is 2. The van der Waals surface area contributed by atoms with Gasteiger partial charge in [-0.3, -0.25) is 4.79 Å². The number of anilines is 2. The Morgan fingerprint density at radius 3 is 2.48 bits per heavy atom. The van der Waals surface area contributed by atoms with Gasteiger partial charge >= 0.3 is 0 Å². The van der Waals surface area contributed by atoms with E-state index in [0.717, 1.165) is 11.3 Å². The Morgan fingerprint density at radius 2 is 1.74 bits per heavy atom. The molecule has 7 heteroatoms. The van der Waals surface area contributed by atoms with Crippen molar-refractivity contribution in [3.8, 4) is 17.4 Å². The number of ether oxygens (including phenoxy) is 2. The lowest BCUT2D eigenvalue weighted by Crippen LogP contribution is -2.18. The molecule has 0 bridgehead atoms. The molecule has 0 radical (unpaired) electrons. The maximum Gasteiger partial charge on any atom is 0.254 e. The van der Waals surface area contributed by atoms with Crippen LogP contribution in [0.25, 0.3) is 0 Å². The molecular formula is C20H20N4O3. The maximum atomic E-state index is 12.0. The molecule has 0 fully saturated rings. The van der Waals surface area contributed by atoms with Crippen LogP contribution in [0.4, 0.5) is 11.6 Å². The van der Waals surface area contributed by atoms with Gasteiger partial charge < -0.3 is 20.1 Å². The minimum atomic E-state index is -0.232. The lowest BCUT2D eigenvalue weighted by Gasteiger charge is -2.13. The summed E-state index contributed by atoms with van der Waals surface area (Å²) in [6.45, 7) is 1.84. The predicted molar refractivity (Wildman–Crippen MR) is 103 cm³/mol. The van der Waals surface area contributed by atoms with Gasteiger partial charge in [-0.1, -0.05) is 24.3 Å². The van der Waals surface area contributed by atoms with Gasteiger partial charge in [-0.2, -0.15) is 4.98 Å². The van der Waals surface area contributed by atoms with Gasteiger partial charge in [0.25, 0.3) is 5.91 Å². The largest absolute Gasteiger partial charge is 0.495 e. The van der Waals surface area contributed by atoms with Crippen molar-refractivity contribution >= 4 is 17.5 Å². The molecule has 7 nitrogen and oxygen atoms in total. The number of para-hydroxylation sites is 3. The second-order valence-corrected chi connectivity index (χ2v) is 5.68. The van der Waals surface area contributed by atoms with Crippen molar-refractivity contribution in [2.45, 2.75) is 6.92 Å². The van der Waals surface area contributed by atoms with Gasteiger partial charge in [0.1, 0.15) is 11.5 Å². The Morgan fingerprint density at radius 1 is 1.04 bits per heavy atom. The van der Waals surface area contributed by atoms with Crippen LogP contribution in [-0.2, 0) is 0 Å². The summed E-state index contributed by atoms with van der Waals surface area (Å²) in [5, 5.41) is 5.72. The van der Waals surface area contributed by atoms with Gasteiger partial charge in [-0.25, -0.2) is 4.98 Å². The molecule has 3 rings (SSSR count). The minimum Gasteiger partial charge on any atom is -0.495 e. The number of methoxy groups -OCH3 is 1. The van der Waals surface area contributed by atoms with Gasteiger partial charge in [-0.05, 0) is 31.2 Å². The topological polar surface area (TPSA) is 85.4 Å². The zero-order valence-electron chi connectivity index (χ0n) is 15.3. The van der Waals surface area contributed by atoms with E-state index < -0.39 is 0 Å². The molecular weight excluding hydrogens is 344 g/mol. The van der Waals surface area contributed by atoms with Crippen LogP contribution in [0.3, 0.4) is 0 Å². The van der Waals surface area contributed by atoms with E-state index >= 15 is 0 Å². The summed E-state index contributed by atoms with van der Waals surface area (Å²) < 4.78 is 11.2. The Balaban J connectivity index is 1.90. The van der Waals surface area contributed by atoms with E-state index in [1.54, 1.807) is 44.6 Å². The molecule has 1 heterocycles. The highest BCUT2D eigenvalue weighted by atomic mass is 16.5. The highest BCUT2D eigenvalue weighted by molar-refractivity contribution is 5.96. The minimum absolute atomic E-state index is 0.232. The molecule has 2 N–H and O–H groups in total. The summed E-state index contributed by atoms with van der Waals surface area (Å²) in [7, 11) is 3.17. The second kappa shape index (κ2) is 8.18. The number of aryl methyl sites for hydroxylation is 1. The third-order valence-corrected chi connectivity index (χ3v) is 3.84. The molecule has 138 valence electrons. The third kappa shape index (κ3) is 4.14. The van der Waals surface area contributed by atoms with E-state index in [1.165, 1.54) is 0 Å². The van der Waals surface area contributed by atoms with E-state index in [4.69, 9.17) is 9.47 Å². The maximum absolute atomic E-state index is 12.0. The monoisotopic (exact) mass is 364 g/mol. The standard InChI is InChI=1S/C20H20N4O3/c1-13-12-22-20(23-15-9-5-7-11-17(15)26-3)24-19(13)27-16-10-6-4-8-14(16)18(25)21-2/h4-12H,1-3H3,(H,21,25)(H,22,23,24). The van der Waals surface area contributed by atoms with Crippen molar-refractivity contribution in [2.75, 3.05) is 19.5 Å². The highest BCUT2D eigenvalue weighted by Crippen LogP contribution is 2.29. The zero-order chi connectivity index (χ0) is 19.2. The number of nitrogens with one attached hydrogen (secondary N) is 2. The molecule has 0 aliphatic carbocycles. The molecule has 0 spiro atoms. The van der Waals surface area contributed by atoms with Crippen molar-refractivity contribution < 1.29 is 14.3 Å². The number of hydrogen-bond acceptors (Lipinski definition) is 6. The summed E-state index contributed by atoms with van der Waals surface area (Å²) in [6, 6.07) is 14.5. The molecule has 3 aromatic rings.